The van der Waals surface area contributed by atoms with Crippen LogP contribution >= 0.6 is 23.7 Å². The van der Waals surface area contributed by atoms with Crippen molar-refractivity contribution < 1.29 is 4.79 Å². The summed E-state index contributed by atoms with van der Waals surface area (Å²) in [5.74, 6) is 0. The molecule has 0 fully saturated rings. The Morgan fingerprint density at radius 2 is 1.83 bits per heavy atom. The molecule has 62 valence electrons. The molecule has 2 nitrogen and oxygen atoms in total. The highest BCUT2D eigenvalue weighted by Gasteiger charge is 1.92. The molecule has 0 N–H and O–H groups in total. The highest BCUT2D eigenvalue weighted by atomic mass is 32.2. The van der Waals surface area contributed by atoms with E-state index in [9.17, 15) is 4.79 Å². The average Bonchev–Trinajstić information content (AvgIpc) is 2.15. The zero-order chi connectivity index (χ0) is 8.81. The highest BCUT2D eigenvalue weighted by molar-refractivity contribution is 7.98. The van der Waals surface area contributed by atoms with Gasteiger partial charge in [-0.1, -0.05) is 0 Å². The Bertz CT molecular complexity index is 290. The maximum absolute atomic E-state index is 9.78. The van der Waals surface area contributed by atoms with E-state index in [1.807, 2.05) is 30.5 Å². The van der Waals surface area contributed by atoms with E-state index in [-0.39, 0.29) is 0 Å². The van der Waals surface area contributed by atoms with Crippen LogP contribution in [0.3, 0.4) is 0 Å². The summed E-state index contributed by atoms with van der Waals surface area (Å²) >= 11 is 2.82. The van der Waals surface area contributed by atoms with E-state index in [0.717, 1.165) is 16.8 Å². The largest absolute Gasteiger partial charge is 0.247 e. The van der Waals surface area contributed by atoms with Crippen molar-refractivity contribution in [1.82, 2.24) is 0 Å². The van der Waals surface area contributed by atoms with Gasteiger partial charge in [0.2, 0.25) is 6.08 Å². The number of rotatable bonds is 3. The minimum atomic E-state index is 0.955. The number of nitrogens with zero attached hydrogens (tertiary/aromatic N) is 1. The third-order valence-corrected chi connectivity index (χ3v) is 2.64. The standard InChI is InChI=1S/C8H7NOS2/c1-11-7-2-4-8(5-3-7)12-9-6-10/h2-5H,1H3. The molecule has 0 heterocycles. The Morgan fingerprint density at radius 1 is 1.25 bits per heavy atom. The van der Waals surface area contributed by atoms with Gasteiger partial charge in [-0.15, -0.1) is 16.2 Å². The average molecular weight is 197 g/mol. The first kappa shape index (κ1) is 9.39. The lowest BCUT2D eigenvalue weighted by atomic mass is 10.4. The van der Waals surface area contributed by atoms with Crippen molar-refractivity contribution in [2.24, 2.45) is 4.40 Å². The number of thioether (sulfide) groups is 1. The zero-order valence-electron chi connectivity index (χ0n) is 6.48. The van der Waals surface area contributed by atoms with Crippen molar-refractivity contribution >= 4 is 29.8 Å². The van der Waals surface area contributed by atoms with Crippen LogP contribution in [-0.2, 0) is 4.79 Å². The van der Waals surface area contributed by atoms with Crippen molar-refractivity contribution in [1.29, 1.82) is 0 Å². The molecule has 1 aromatic rings. The monoisotopic (exact) mass is 197 g/mol. The smallest absolute Gasteiger partial charge is 0.210 e. The van der Waals surface area contributed by atoms with Crippen LogP contribution < -0.4 is 0 Å². The molecule has 1 rings (SSSR count). The molecule has 4 heteroatoms. The van der Waals surface area contributed by atoms with E-state index in [1.54, 1.807) is 11.8 Å². The number of hydrogen-bond donors (Lipinski definition) is 0. The van der Waals surface area contributed by atoms with Crippen molar-refractivity contribution in [3.8, 4) is 0 Å². The molecule has 0 bridgehead atoms. The van der Waals surface area contributed by atoms with Gasteiger partial charge in [0.25, 0.3) is 0 Å². The molecule has 0 saturated heterocycles. The third-order valence-electron chi connectivity index (χ3n) is 1.25. The molecule has 12 heavy (non-hydrogen) atoms. The molecule has 0 spiro atoms. The summed E-state index contributed by atoms with van der Waals surface area (Å²) in [5, 5.41) is 0. The van der Waals surface area contributed by atoms with Crippen molar-refractivity contribution in [2.75, 3.05) is 6.26 Å². The Labute approximate surface area is 79.6 Å². The Hall–Kier alpha value is -0.700. The van der Waals surface area contributed by atoms with Gasteiger partial charge in [0.1, 0.15) is 0 Å². The summed E-state index contributed by atoms with van der Waals surface area (Å²) < 4.78 is 3.40. The Kier molecular flexibility index (Phi) is 3.94. The first-order valence-corrected chi connectivity index (χ1v) is 5.25. The lowest BCUT2D eigenvalue weighted by Crippen LogP contribution is -1.70. The van der Waals surface area contributed by atoms with Crippen molar-refractivity contribution in [2.45, 2.75) is 9.79 Å². The van der Waals surface area contributed by atoms with E-state index in [1.165, 1.54) is 11.0 Å². The van der Waals surface area contributed by atoms with Crippen LogP contribution in [0.4, 0.5) is 0 Å². The summed E-state index contributed by atoms with van der Waals surface area (Å²) in [7, 11) is 0. The SMILES string of the molecule is CSc1ccc(SN=C=O)cc1. The third kappa shape index (κ3) is 2.74. The maximum Gasteiger partial charge on any atom is 0.247 e. The fourth-order valence-corrected chi connectivity index (χ4v) is 1.52. The quantitative estimate of drug-likeness (QED) is 0.323. The summed E-state index contributed by atoms with van der Waals surface area (Å²) in [6.07, 6.45) is 3.50. The number of hydrogen-bond acceptors (Lipinski definition) is 4. The van der Waals surface area contributed by atoms with Gasteiger partial charge in [-0.2, -0.15) is 0 Å². The molecule has 0 aromatic heterocycles. The van der Waals surface area contributed by atoms with Crippen LogP contribution in [0, 0.1) is 0 Å². The summed E-state index contributed by atoms with van der Waals surface area (Å²) in [5.41, 5.74) is 0. The lowest BCUT2D eigenvalue weighted by molar-refractivity contribution is 0.566. The van der Waals surface area contributed by atoms with Crippen LogP contribution in [0.5, 0.6) is 0 Å². The van der Waals surface area contributed by atoms with Gasteiger partial charge in [-0.3, -0.25) is 0 Å². The fourth-order valence-electron chi connectivity index (χ4n) is 0.708. The molecular weight excluding hydrogens is 190 g/mol. The van der Waals surface area contributed by atoms with Gasteiger partial charge in [0.15, 0.2) is 0 Å². The van der Waals surface area contributed by atoms with Crippen LogP contribution in [0.15, 0.2) is 38.5 Å². The van der Waals surface area contributed by atoms with E-state index in [0.29, 0.717) is 0 Å². The van der Waals surface area contributed by atoms with Gasteiger partial charge in [-0.25, -0.2) is 4.79 Å². The summed E-state index contributed by atoms with van der Waals surface area (Å²) in [4.78, 5) is 11.9. The predicted octanol–water partition coefficient (Wildman–Crippen LogP) is 2.75. The van der Waals surface area contributed by atoms with Crippen molar-refractivity contribution in [3.05, 3.63) is 24.3 Å². The van der Waals surface area contributed by atoms with E-state index in [4.69, 9.17) is 0 Å². The van der Waals surface area contributed by atoms with E-state index in [2.05, 4.69) is 4.40 Å². The molecule has 0 unspecified atom stereocenters. The maximum atomic E-state index is 9.78. The van der Waals surface area contributed by atoms with Gasteiger partial charge < -0.3 is 0 Å². The molecular formula is C8H7NOS2. The second-order valence-corrected chi connectivity index (χ2v) is 3.67. The molecule has 0 atom stereocenters. The molecule has 0 saturated carbocycles. The van der Waals surface area contributed by atoms with Gasteiger partial charge >= 0.3 is 0 Å². The van der Waals surface area contributed by atoms with Crippen LogP contribution in [0.25, 0.3) is 0 Å². The Morgan fingerprint density at radius 3 is 2.33 bits per heavy atom. The number of carbonyl (C=O) groups excluding carboxylic acids is 1. The summed E-state index contributed by atoms with van der Waals surface area (Å²) in [6, 6.07) is 7.84. The predicted molar refractivity (Wildman–Crippen MR) is 52.2 cm³/mol. The molecule has 0 aliphatic heterocycles. The number of isocyanates is 1. The highest BCUT2D eigenvalue weighted by Crippen LogP contribution is 2.22. The van der Waals surface area contributed by atoms with Crippen LogP contribution in [0.1, 0.15) is 0 Å². The lowest BCUT2D eigenvalue weighted by Gasteiger charge is -1.95. The second kappa shape index (κ2) is 5.04. The van der Waals surface area contributed by atoms with Crippen molar-refractivity contribution in [3.63, 3.8) is 0 Å². The van der Waals surface area contributed by atoms with Gasteiger partial charge in [0, 0.05) is 21.7 Å². The number of benzene rings is 1. The molecule has 0 aliphatic carbocycles. The van der Waals surface area contributed by atoms with E-state index < -0.39 is 0 Å². The molecule has 0 aliphatic rings. The fraction of sp³-hybridized carbons (Fsp3) is 0.125. The normalized spacial score (nSPS) is 9.08. The molecule has 1 aromatic carbocycles. The van der Waals surface area contributed by atoms with Gasteiger partial charge in [-0.05, 0) is 30.5 Å². The van der Waals surface area contributed by atoms with Gasteiger partial charge in [0.05, 0.1) is 0 Å². The molecule has 0 amide bonds. The second-order valence-electron chi connectivity index (χ2n) is 1.95. The molecule has 0 radical (unpaired) electrons. The first-order valence-electron chi connectivity index (χ1n) is 3.25. The van der Waals surface area contributed by atoms with E-state index >= 15 is 0 Å². The summed E-state index contributed by atoms with van der Waals surface area (Å²) in [6.45, 7) is 0. The van der Waals surface area contributed by atoms with Crippen LogP contribution in [-0.4, -0.2) is 12.3 Å². The topological polar surface area (TPSA) is 29.4 Å². The minimum Gasteiger partial charge on any atom is -0.210 e. The Balaban J connectivity index is 2.70. The zero-order valence-corrected chi connectivity index (χ0v) is 8.11. The first-order chi connectivity index (χ1) is 5.86. The minimum absolute atomic E-state index is 0.955. The van der Waals surface area contributed by atoms with Crippen LogP contribution in [0.2, 0.25) is 0 Å².